The summed E-state index contributed by atoms with van der Waals surface area (Å²) >= 11 is 0. The predicted molar refractivity (Wildman–Crippen MR) is 60.1 cm³/mol. The number of halogens is 3. The van der Waals surface area contributed by atoms with Gasteiger partial charge in [0.05, 0.1) is 17.7 Å². The third kappa shape index (κ3) is 2.32. The Hall–Kier alpha value is -1.21. The van der Waals surface area contributed by atoms with E-state index in [0.717, 1.165) is 25.4 Å². The molecule has 4 atom stereocenters. The fourth-order valence-corrected chi connectivity index (χ4v) is 3.08. The lowest BCUT2D eigenvalue weighted by Gasteiger charge is -2.34. The summed E-state index contributed by atoms with van der Waals surface area (Å²) < 4.78 is 37.4. The monoisotopic (exact) mass is 273 g/mol. The van der Waals surface area contributed by atoms with Crippen molar-refractivity contribution in [3.05, 3.63) is 23.8 Å². The number of nitrogens with zero attached hydrogens (tertiary/aromatic N) is 3. The Morgan fingerprint density at radius 3 is 2.53 bits per heavy atom. The summed E-state index contributed by atoms with van der Waals surface area (Å²) in [5, 5.41) is 9.67. The van der Waals surface area contributed by atoms with Gasteiger partial charge in [-0.1, -0.05) is 0 Å². The molecule has 19 heavy (non-hydrogen) atoms. The average Bonchev–Trinajstić information content (AvgIpc) is 2.61. The molecule has 2 saturated heterocycles. The summed E-state index contributed by atoms with van der Waals surface area (Å²) in [5.41, 5.74) is -0.825. The smallest absolute Gasteiger partial charge is 0.392 e. The van der Waals surface area contributed by atoms with E-state index >= 15 is 0 Å². The van der Waals surface area contributed by atoms with Gasteiger partial charge < -0.3 is 5.11 Å². The number of piperidine rings is 1. The minimum absolute atomic E-state index is 0.0503. The number of rotatable bonds is 1. The second-order valence-electron chi connectivity index (χ2n) is 5.21. The van der Waals surface area contributed by atoms with E-state index in [1.807, 2.05) is 0 Å². The van der Waals surface area contributed by atoms with Crippen LogP contribution in [-0.2, 0) is 6.18 Å². The lowest BCUT2D eigenvalue weighted by molar-refractivity contribution is -0.138. The molecule has 0 amide bonds. The minimum Gasteiger partial charge on any atom is -0.392 e. The van der Waals surface area contributed by atoms with Crippen molar-refractivity contribution in [1.82, 2.24) is 14.9 Å². The zero-order valence-corrected chi connectivity index (χ0v) is 10.1. The molecule has 4 unspecified atom stereocenters. The Morgan fingerprint density at radius 1 is 1.26 bits per heavy atom. The molecule has 2 fully saturated rings. The topological polar surface area (TPSA) is 49.2 Å². The van der Waals surface area contributed by atoms with E-state index in [4.69, 9.17) is 0 Å². The van der Waals surface area contributed by atoms with Crippen molar-refractivity contribution in [2.45, 2.75) is 31.2 Å². The molecule has 2 bridgehead atoms. The van der Waals surface area contributed by atoms with Crippen LogP contribution in [0.4, 0.5) is 13.2 Å². The van der Waals surface area contributed by atoms with Crippen LogP contribution in [0.25, 0.3) is 0 Å². The van der Waals surface area contributed by atoms with Gasteiger partial charge in [-0.05, 0) is 25.3 Å². The summed E-state index contributed by atoms with van der Waals surface area (Å²) in [5.74, 6) is 0.669. The third-order valence-electron chi connectivity index (χ3n) is 3.91. The third-order valence-corrected chi connectivity index (χ3v) is 3.91. The maximum absolute atomic E-state index is 12.5. The number of fused-ring (bicyclic) bond motifs is 2. The number of aliphatic hydroxyl groups excluding tert-OH is 1. The Morgan fingerprint density at radius 2 is 1.95 bits per heavy atom. The molecule has 1 aromatic rings. The van der Waals surface area contributed by atoms with Gasteiger partial charge in [-0.2, -0.15) is 13.2 Å². The largest absolute Gasteiger partial charge is 0.419 e. The number of hydrogen-bond donors (Lipinski definition) is 1. The second-order valence-corrected chi connectivity index (χ2v) is 5.21. The fourth-order valence-electron chi connectivity index (χ4n) is 3.08. The van der Waals surface area contributed by atoms with Gasteiger partial charge in [0.15, 0.2) is 0 Å². The Bertz CT molecular complexity index is 448. The molecular weight excluding hydrogens is 259 g/mol. The van der Waals surface area contributed by atoms with Gasteiger partial charge in [0.2, 0.25) is 0 Å². The average molecular weight is 273 g/mol. The standard InChI is InChI=1S/C12H14F3N3O/c13-12(14,15)8-4-16-11(17-5-8)10-7-1-2-18(10)6-9(19)3-7/h4-5,7,9-10,19H,1-3,6H2. The van der Waals surface area contributed by atoms with Crippen LogP contribution in [0.1, 0.15) is 30.3 Å². The summed E-state index contributed by atoms with van der Waals surface area (Å²) in [6.45, 7) is 1.39. The maximum Gasteiger partial charge on any atom is 0.419 e. The normalized spacial score (nSPS) is 34.5. The molecule has 3 heterocycles. The Kier molecular flexibility index (Phi) is 2.98. The van der Waals surface area contributed by atoms with Crippen molar-refractivity contribution >= 4 is 0 Å². The lowest BCUT2D eigenvalue weighted by Crippen LogP contribution is -2.39. The van der Waals surface area contributed by atoms with Crippen LogP contribution < -0.4 is 0 Å². The summed E-state index contributed by atoms with van der Waals surface area (Å²) in [6.07, 6.45) is -1.46. The predicted octanol–water partition coefficient (Wildman–Crippen LogP) is 1.62. The van der Waals surface area contributed by atoms with Gasteiger partial charge in [-0.25, -0.2) is 9.97 Å². The van der Waals surface area contributed by atoms with Gasteiger partial charge in [-0.3, -0.25) is 4.90 Å². The quantitative estimate of drug-likeness (QED) is 0.844. The highest BCUT2D eigenvalue weighted by molar-refractivity contribution is 5.13. The first-order chi connectivity index (χ1) is 8.95. The molecule has 1 N–H and O–H groups in total. The first-order valence-corrected chi connectivity index (χ1v) is 6.26. The van der Waals surface area contributed by atoms with Crippen LogP contribution in [0, 0.1) is 5.92 Å². The highest BCUT2D eigenvalue weighted by atomic mass is 19.4. The first kappa shape index (κ1) is 12.8. The van der Waals surface area contributed by atoms with Crippen molar-refractivity contribution in [2.75, 3.05) is 13.1 Å². The van der Waals surface area contributed by atoms with Crippen LogP contribution in [0.2, 0.25) is 0 Å². The highest BCUT2D eigenvalue weighted by Gasteiger charge is 2.43. The van der Waals surface area contributed by atoms with E-state index in [1.54, 1.807) is 0 Å². The van der Waals surface area contributed by atoms with Gasteiger partial charge in [0.1, 0.15) is 5.82 Å². The number of alkyl halides is 3. The van der Waals surface area contributed by atoms with Crippen LogP contribution in [0.3, 0.4) is 0 Å². The zero-order valence-electron chi connectivity index (χ0n) is 10.1. The maximum atomic E-state index is 12.5. The number of aromatic nitrogens is 2. The van der Waals surface area contributed by atoms with Crippen molar-refractivity contribution in [2.24, 2.45) is 5.92 Å². The van der Waals surface area contributed by atoms with Gasteiger partial charge in [-0.15, -0.1) is 0 Å². The first-order valence-electron chi connectivity index (χ1n) is 6.26. The zero-order chi connectivity index (χ0) is 13.6. The van der Waals surface area contributed by atoms with E-state index in [-0.39, 0.29) is 18.1 Å². The summed E-state index contributed by atoms with van der Waals surface area (Å²) in [4.78, 5) is 9.82. The van der Waals surface area contributed by atoms with E-state index < -0.39 is 11.7 Å². The summed E-state index contributed by atoms with van der Waals surface area (Å²) in [6, 6.07) is -0.0503. The van der Waals surface area contributed by atoms with Crippen molar-refractivity contribution in [1.29, 1.82) is 0 Å². The van der Waals surface area contributed by atoms with E-state index in [0.29, 0.717) is 18.8 Å². The van der Waals surface area contributed by atoms with Crippen LogP contribution >= 0.6 is 0 Å². The number of hydrogen-bond acceptors (Lipinski definition) is 4. The molecule has 0 saturated carbocycles. The molecule has 4 nitrogen and oxygen atoms in total. The fraction of sp³-hybridized carbons (Fsp3) is 0.667. The van der Waals surface area contributed by atoms with Crippen LogP contribution in [0.15, 0.2) is 12.4 Å². The molecule has 0 aromatic carbocycles. The molecule has 2 aliphatic rings. The van der Waals surface area contributed by atoms with Gasteiger partial charge in [0.25, 0.3) is 0 Å². The van der Waals surface area contributed by atoms with Crippen molar-refractivity contribution < 1.29 is 18.3 Å². The SMILES string of the molecule is OC1CC2CCN(C1)C2c1ncc(C(F)(F)F)cn1. The number of aliphatic hydroxyl groups is 1. The molecule has 0 aliphatic carbocycles. The van der Waals surface area contributed by atoms with Gasteiger partial charge >= 0.3 is 6.18 Å². The lowest BCUT2D eigenvalue weighted by atomic mass is 9.90. The molecule has 104 valence electrons. The molecule has 7 heteroatoms. The van der Waals surface area contributed by atoms with Crippen molar-refractivity contribution in [3.8, 4) is 0 Å². The van der Waals surface area contributed by atoms with E-state index in [9.17, 15) is 18.3 Å². The molecule has 2 aliphatic heterocycles. The second kappa shape index (κ2) is 4.42. The molecule has 1 aromatic heterocycles. The minimum atomic E-state index is -4.40. The van der Waals surface area contributed by atoms with Crippen LogP contribution in [-0.4, -0.2) is 39.2 Å². The van der Waals surface area contributed by atoms with Crippen LogP contribution in [0.5, 0.6) is 0 Å². The van der Waals surface area contributed by atoms with E-state index in [1.165, 1.54) is 0 Å². The molecule has 0 spiro atoms. The van der Waals surface area contributed by atoms with Gasteiger partial charge in [0, 0.05) is 18.9 Å². The molecular formula is C12H14F3N3O. The Labute approximate surface area is 108 Å². The summed E-state index contributed by atoms with van der Waals surface area (Å²) in [7, 11) is 0. The Balaban J connectivity index is 1.84. The van der Waals surface area contributed by atoms with E-state index in [2.05, 4.69) is 14.9 Å². The molecule has 3 rings (SSSR count). The van der Waals surface area contributed by atoms with Crippen molar-refractivity contribution in [3.63, 3.8) is 0 Å². The molecule has 0 radical (unpaired) electrons. The highest BCUT2D eigenvalue weighted by Crippen LogP contribution is 2.42.